The molecule has 0 amide bonds. The summed E-state index contributed by atoms with van der Waals surface area (Å²) in [6.07, 6.45) is 7.25. The van der Waals surface area contributed by atoms with Gasteiger partial charge < -0.3 is 0 Å². The van der Waals surface area contributed by atoms with Gasteiger partial charge in [-0.15, -0.1) is 18.5 Å². The quantitative estimate of drug-likeness (QED) is 0.148. The van der Waals surface area contributed by atoms with Crippen LogP contribution in [0.5, 0.6) is 0 Å². The third-order valence-electron chi connectivity index (χ3n) is 7.17. The molecule has 2 atom stereocenters. The molecule has 2 unspecified atom stereocenters. The maximum absolute atomic E-state index is 3.36. The van der Waals surface area contributed by atoms with Gasteiger partial charge in [0, 0.05) is 10.6 Å². The fourth-order valence-corrected chi connectivity index (χ4v) is 6.65. The molecule has 0 aromatic heterocycles. The van der Waals surface area contributed by atoms with Crippen LogP contribution in [-0.2, 0) is 10.6 Å². The zero-order valence-corrected chi connectivity index (χ0v) is 22.3. The third kappa shape index (κ3) is 4.91. The molecule has 0 aliphatic rings. The van der Waals surface area contributed by atoms with E-state index >= 15 is 0 Å². The lowest BCUT2D eigenvalue weighted by molar-refractivity contribution is 0.368. The first-order chi connectivity index (χ1) is 16.7. The summed E-state index contributed by atoms with van der Waals surface area (Å²) in [5, 5.41) is -0.334. The third-order valence-corrected chi connectivity index (χ3v) is 8.74. The van der Waals surface area contributed by atoms with Crippen molar-refractivity contribution in [2.75, 3.05) is 6.16 Å². The summed E-state index contributed by atoms with van der Waals surface area (Å²) < 4.78 is 0. The van der Waals surface area contributed by atoms with Crippen LogP contribution in [0.15, 0.2) is 121 Å². The number of hydrogen-bond acceptors (Lipinski definition) is 0. The van der Waals surface area contributed by atoms with Crippen molar-refractivity contribution in [2.24, 2.45) is 0 Å². The Morgan fingerprint density at radius 3 is 1.18 bits per heavy atom. The second-order valence-electron chi connectivity index (χ2n) is 9.13. The van der Waals surface area contributed by atoms with Crippen LogP contribution >= 0.6 is 18.5 Å². The lowest BCUT2D eigenvalue weighted by Crippen LogP contribution is -2.47. The molecule has 0 spiro atoms. The first kappa shape index (κ1) is 24.9. The number of hydrogen-bond donors (Lipinski definition) is 0. The molecule has 0 radical (unpaired) electrons. The molecule has 0 N–H and O–H groups in total. The Kier molecular flexibility index (Phi) is 8.72. The van der Waals surface area contributed by atoms with Gasteiger partial charge >= 0.3 is 0 Å². The first-order valence-electron chi connectivity index (χ1n) is 12.4. The summed E-state index contributed by atoms with van der Waals surface area (Å²) in [6.45, 7) is 0. The van der Waals surface area contributed by atoms with E-state index in [0.29, 0.717) is 0 Å². The molecule has 4 aromatic carbocycles. The van der Waals surface area contributed by atoms with Crippen LogP contribution in [0.4, 0.5) is 0 Å². The maximum atomic E-state index is 3.36. The maximum Gasteiger partial charge on any atom is 0.0480 e. The highest BCUT2D eigenvalue weighted by atomic mass is 31.0. The smallest absolute Gasteiger partial charge is 0.0480 e. The second kappa shape index (κ2) is 11.9. The van der Waals surface area contributed by atoms with Crippen LogP contribution in [0.1, 0.15) is 54.4 Å². The van der Waals surface area contributed by atoms with E-state index in [1.165, 1.54) is 54.1 Å². The molecule has 0 saturated heterocycles. The highest BCUT2D eigenvalue weighted by Crippen LogP contribution is 2.59. The van der Waals surface area contributed by atoms with Crippen molar-refractivity contribution in [3.63, 3.8) is 0 Å². The van der Waals surface area contributed by atoms with Crippen molar-refractivity contribution in [1.82, 2.24) is 0 Å². The van der Waals surface area contributed by atoms with Crippen LogP contribution in [0, 0.1) is 0 Å². The first-order valence-corrected chi connectivity index (χ1v) is 13.8. The highest BCUT2D eigenvalue weighted by Gasteiger charge is 2.52. The standard InChI is InChI=1S/C32H36P2/c33-26-16-2-1-15-25-31(27-17-7-3-8-18-27,28-19-9-4-10-20-28)32(34,29-21-11-5-12-22-29)30-23-13-6-14-24-30/h3-14,17-24H,1-2,15-16,25-26,33-34H2. The van der Waals surface area contributed by atoms with Gasteiger partial charge in [-0.3, -0.25) is 0 Å². The Balaban J connectivity index is 2.01. The van der Waals surface area contributed by atoms with Crippen LogP contribution in [0.2, 0.25) is 0 Å². The van der Waals surface area contributed by atoms with Crippen molar-refractivity contribution < 1.29 is 0 Å². The number of rotatable bonds is 11. The van der Waals surface area contributed by atoms with E-state index in [2.05, 4.69) is 140 Å². The largest absolute Gasteiger partial charge is 0.138 e. The molecule has 0 saturated carbocycles. The summed E-state index contributed by atoms with van der Waals surface area (Å²) in [4.78, 5) is 0. The van der Waals surface area contributed by atoms with Gasteiger partial charge in [0.2, 0.25) is 0 Å². The molecule has 4 aromatic rings. The predicted molar refractivity (Wildman–Crippen MR) is 155 cm³/mol. The van der Waals surface area contributed by atoms with Crippen molar-refractivity contribution in [1.29, 1.82) is 0 Å². The zero-order chi connectivity index (χ0) is 23.7. The summed E-state index contributed by atoms with van der Waals surface area (Å²) in [6, 6.07) is 44.5. The summed E-state index contributed by atoms with van der Waals surface area (Å²) in [7, 11) is 6.24. The van der Waals surface area contributed by atoms with Gasteiger partial charge in [-0.2, -0.15) is 0 Å². The van der Waals surface area contributed by atoms with Gasteiger partial charge in [0.05, 0.1) is 0 Å². The second-order valence-corrected chi connectivity index (χ2v) is 10.6. The Morgan fingerprint density at radius 1 is 0.441 bits per heavy atom. The molecule has 0 nitrogen and oxygen atoms in total. The average molecular weight is 483 g/mol. The van der Waals surface area contributed by atoms with Crippen LogP contribution in [0.25, 0.3) is 0 Å². The van der Waals surface area contributed by atoms with Crippen molar-refractivity contribution in [3.05, 3.63) is 144 Å². The van der Waals surface area contributed by atoms with Gasteiger partial charge in [-0.25, -0.2) is 0 Å². The number of unbranched alkanes of at least 4 members (excludes halogenated alkanes) is 3. The lowest BCUT2D eigenvalue weighted by atomic mass is 9.58. The van der Waals surface area contributed by atoms with E-state index < -0.39 is 0 Å². The van der Waals surface area contributed by atoms with Gasteiger partial charge in [0.15, 0.2) is 0 Å². The zero-order valence-electron chi connectivity index (χ0n) is 19.9. The molecule has 174 valence electrons. The van der Waals surface area contributed by atoms with Gasteiger partial charge in [0.25, 0.3) is 0 Å². The normalized spacial score (nSPS) is 11.9. The Hall–Kier alpha value is -2.26. The molecule has 0 aliphatic carbocycles. The molecular formula is C32H36P2. The van der Waals surface area contributed by atoms with E-state index in [4.69, 9.17) is 0 Å². The van der Waals surface area contributed by atoms with Gasteiger partial charge in [-0.05, 0) is 41.3 Å². The van der Waals surface area contributed by atoms with Crippen molar-refractivity contribution in [2.45, 2.75) is 42.7 Å². The minimum Gasteiger partial charge on any atom is -0.138 e. The van der Waals surface area contributed by atoms with Gasteiger partial charge in [-0.1, -0.05) is 141 Å². The molecule has 34 heavy (non-hydrogen) atoms. The Bertz CT molecular complexity index is 1030. The molecule has 0 bridgehead atoms. The SMILES string of the molecule is PCCCCCCC(c1ccccc1)(c1ccccc1)C(P)(c1ccccc1)c1ccccc1. The van der Waals surface area contributed by atoms with Crippen LogP contribution in [0.3, 0.4) is 0 Å². The van der Waals surface area contributed by atoms with Crippen molar-refractivity contribution >= 4 is 18.5 Å². The van der Waals surface area contributed by atoms with E-state index in [-0.39, 0.29) is 10.6 Å². The lowest BCUT2D eigenvalue weighted by Gasteiger charge is -2.51. The van der Waals surface area contributed by atoms with E-state index in [1.54, 1.807) is 0 Å². The summed E-state index contributed by atoms with van der Waals surface area (Å²) >= 11 is 0. The fraction of sp³-hybridized carbons (Fsp3) is 0.250. The predicted octanol–water partition coefficient (Wildman–Crippen LogP) is 8.62. The van der Waals surface area contributed by atoms with E-state index in [1.807, 2.05) is 0 Å². The minimum atomic E-state index is -0.334. The van der Waals surface area contributed by atoms with E-state index in [0.717, 1.165) is 6.42 Å². The molecular weight excluding hydrogens is 446 g/mol. The molecule has 0 fully saturated rings. The molecule has 4 rings (SSSR count). The van der Waals surface area contributed by atoms with Crippen molar-refractivity contribution in [3.8, 4) is 0 Å². The topological polar surface area (TPSA) is 0 Å². The summed E-state index contributed by atoms with van der Waals surface area (Å²) in [5.41, 5.74) is 5.14. The minimum absolute atomic E-state index is 0.246. The van der Waals surface area contributed by atoms with Crippen LogP contribution in [-0.4, -0.2) is 6.16 Å². The summed E-state index contributed by atoms with van der Waals surface area (Å²) in [5.74, 6) is 0. The monoisotopic (exact) mass is 482 g/mol. The van der Waals surface area contributed by atoms with E-state index in [9.17, 15) is 0 Å². The van der Waals surface area contributed by atoms with Gasteiger partial charge in [0.1, 0.15) is 0 Å². The fourth-order valence-electron chi connectivity index (χ4n) is 5.50. The molecule has 0 heterocycles. The Morgan fingerprint density at radius 2 is 0.794 bits per heavy atom. The average Bonchev–Trinajstić information content (AvgIpc) is 2.92. The number of benzene rings is 4. The highest BCUT2D eigenvalue weighted by molar-refractivity contribution is 7.19. The molecule has 0 aliphatic heterocycles. The molecule has 2 heteroatoms. The van der Waals surface area contributed by atoms with Crippen LogP contribution < -0.4 is 0 Å². The Labute approximate surface area is 210 Å².